The number of hydrogen-bond donors (Lipinski definition) is 0. The lowest BCUT2D eigenvalue weighted by molar-refractivity contribution is 0.400. The van der Waals surface area contributed by atoms with Gasteiger partial charge in [-0.25, -0.2) is 0 Å². The summed E-state index contributed by atoms with van der Waals surface area (Å²) >= 11 is 5.94. The Balaban J connectivity index is 2.05. The summed E-state index contributed by atoms with van der Waals surface area (Å²) < 4.78 is 5.04. The molecule has 1 aliphatic rings. The van der Waals surface area contributed by atoms with Crippen molar-refractivity contribution < 1.29 is 4.74 Å². The van der Waals surface area contributed by atoms with Crippen LogP contribution in [-0.4, -0.2) is 18.1 Å². The zero-order valence-corrected chi connectivity index (χ0v) is 6.97. The summed E-state index contributed by atoms with van der Waals surface area (Å²) in [5, 5.41) is 0.197. The molecule has 2 atom stereocenters. The molecule has 0 radical (unpaired) electrons. The number of halogens is 1. The molecule has 0 amide bonds. The molecule has 1 saturated heterocycles. The van der Waals surface area contributed by atoms with E-state index in [4.69, 9.17) is 16.3 Å². The average Bonchev–Trinajstić information content (AvgIpc) is 2.69. The third-order valence-electron chi connectivity index (χ3n) is 1.53. The molecule has 58 valence electrons. The molecule has 0 bridgehead atoms. The van der Waals surface area contributed by atoms with E-state index in [1.165, 1.54) is 0 Å². The van der Waals surface area contributed by atoms with Gasteiger partial charge in [0.05, 0.1) is 18.1 Å². The maximum Gasteiger partial charge on any atom is 0.0976 e. The summed E-state index contributed by atoms with van der Waals surface area (Å²) in [5.41, 5.74) is 0. The van der Waals surface area contributed by atoms with Crippen LogP contribution in [0.2, 0.25) is 0 Å². The molecule has 1 aliphatic heterocycles. The van der Waals surface area contributed by atoms with Crippen LogP contribution in [0.1, 0.15) is 19.8 Å². The Bertz CT molecular complexity index is 118. The van der Waals surface area contributed by atoms with E-state index in [0.29, 0.717) is 6.10 Å². The Morgan fingerprint density at radius 1 is 1.70 bits per heavy atom. The highest BCUT2D eigenvalue weighted by molar-refractivity contribution is 6.21. The van der Waals surface area contributed by atoms with E-state index in [1.54, 1.807) is 0 Å². The van der Waals surface area contributed by atoms with Crippen LogP contribution in [-0.2, 0) is 4.74 Å². The van der Waals surface area contributed by atoms with E-state index in [1.807, 2.05) is 0 Å². The SMILES string of the molecule is CC/C=C\C[C@H](Cl)[C@@H]1CO1. The Kier molecular flexibility index (Phi) is 3.23. The molecule has 0 spiro atoms. The van der Waals surface area contributed by atoms with E-state index in [9.17, 15) is 0 Å². The molecular weight excluding hydrogens is 148 g/mol. The summed E-state index contributed by atoms with van der Waals surface area (Å²) in [7, 11) is 0. The molecule has 10 heavy (non-hydrogen) atoms. The minimum atomic E-state index is 0.197. The summed E-state index contributed by atoms with van der Waals surface area (Å²) in [6.45, 7) is 2.97. The monoisotopic (exact) mass is 160 g/mol. The van der Waals surface area contributed by atoms with Crippen molar-refractivity contribution in [3.05, 3.63) is 12.2 Å². The van der Waals surface area contributed by atoms with Crippen molar-refractivity contribution >= 4 is 11.6 Å². The van der Waals surface area contributed by atoms with E-state index < -0.39 is 0 Å². The quantitative estimate of drug-likeness (QED) is 0.350. The molecule has 0 aliphatic carbocycles. The Morgan fingerprint density at radius 2 is 2.40 bits per heavy atom. The second-order valence-electron chi connectivity index (χ2n) is 2.50. The number of allylic oxidation sites excluding steroid dienone is 2. The lowest BCUT2D eigenvalue weighted by Crippen LogP contribution is -2.04. The van der Waals surface area contributed by atoms with Gasteiger partial charge in [-0.05, 0) is 12.8 Å². The summed E-state index contributed by atoms with van der Waals surface area (Å²) in [6.07, 6.45) is 6.63. The number of ether oxygens (including phenoxy) is 1. The van der Waals surface area contributed by atoms with Crippen molar-refractivity contribution in [2.24, 2.45) is 0 Å². The summed E-state index contributed by atoms with van der Waals surface area (Å²) in [5.74, 6) is 0. The van der Waals surface area contributed by atoms with Crippen LogP contribution < -0.4 is 0 Å². The van der Waals surface area contributed by atoms with Gasteiger partial charge in [-0.1, -0.05) is 19.1 Å². The molecule has 2 heteroatoms. The van der Waals surface area contributed by atoms with Crippen LogP contribution in [0.25, 0.3) is 0 Å². The fourth-order valence-electron chi connectivity index (χ4n) is 0.809. The van der Waals surface area contributed by atoms with Gasteiger partial charge in [0, 0.05) is 0 Å². The lowest BCUT2D eigenvalue weighted by Gasteiger charge is -1.98. The van der Waals surface area contributed by atoms with Crippen molar-refractivity contribution in [2.75, 3.05) is 6.61 Å². The normalized spacial score (nSPS) is 27.2. The first kappa shape index (κ1) is 8.09. The van der Waals surface area contributed by atoms with Crippen molar-refractivity contribution in [3.8, 4) is 0 Å². The maximum atomic E-state index is 5.94. The Morgan fingerprint density at radius 3 is 2.90 bits per heavy atom. The van der Waals surface area contributed by atoms with Crippen molar-refractivity contribution in [2.45, 2.75) is 31.2 Å². The van der Waals surface area contributed by atoms with E-state index in [2.05, 4.69) is 19.1 Å². The smallest absolute Gasteiger partial charge is 0.0976 e. The molecule has 0 aromatic carbocycles. The number of hydrogen-bond acceptors (Lipinski definition) is 1. The van der Waals surface area contributed by atoms with Gasteiger partial charge in [-0.3, -0.25) is 0 Å². The van der Waals surface area contributed by atoms with Crippen molar-refractivity contribution in [1.29, 1.82) is 0 Å². The zero-order valence-electron chi connectivity index (χ0n) is 6.22. The number of alkyl halides is 1. The zero-order chi connectivity index (χ0) is 7.40. The molecule has 1 fully saturated rings. The predicted octanol–water partition coefficient (Wildman–Crippen LogP) is 2.35. The molecule has 0 saturated carbocycles. The van der Waals surface area contributed by atoms with Gasteiger partial charge in [-0.15, -0.1) is 11.6 Å². The highest BCUT2D eigenvalue weighted by Gasteiger charge is 2.29. The number of rotatable bonds is 4. The third-order valence-corrected chi connectivity index (χ3v) is 1.99. The fourth-order valence-corrected chi connectivity index (χ4v) is 1.06. The minimum absolute atomic E-state index is 0.197. The second kappa shape index (κ2) is 3.99. The largest absolute Gasteiger partial charge is 0.372 e. The standard InChI is InChI=1S/C8H13ClO/c1-2-3-4-5-7(9)8-6-10-8/h3-4,7-8H,2,5-6H2,1H3/b4-3-/t7-,8-/m0/s1. The topological polar surface area (TPSA) is 12.5 Å². The first-order valence-electron chi connectivity index (χ1n) is 3.75. The van der Waals surface area contributed by atoms with E-state index in [-0.39, 0.29) is 5.38 Å². The molecule has 1 heterocycles. The molecule has 0 aromatic rings. The number of epoxide rings is 1. The molecular formula is C8H13ClO. The second-order valence-corrected chi connectivity index (χ2v) is 3.06. The average molecular weight is 161 g/mol. The van der Waals surface area contributed by atoms with E-state index >= 15 is 0 Å². The van der Waals surface area contributed by atoms with Gasteiger partial charge < -0.3 is 4.74 Å². The van der Waals surface area contributed by atoms with Gasteiger partial charge in [0.1, 0.15) is 0 Å². The predicted molar refractivity (Wildman–Crippen MR) is 43.4 cm³/mol. The Labute approximate surface area is 67.0 Å². The first-order valence-corrected chi connectivity index (χ1v) is 4.19. The Hall–Kier alpha value is -0.0100. The highest BCUT2D eigenvalue weighted by Crippen LogP contribution is 2.21. The van der Waals surface area contributed by atoms with Crippen LogP contribution >= 0.6 is 11.6 Å². The van der Waals surface area contributed by atoms with Gasteiger partial charge >= 0.3 is 0 Å². The molecule has 0 unspecified atom stereocenters. The maximum absolute atomic E-state index is 5.94. The molecule has 0 N–H and O–H groups in total. The molecule has 1 rings (SSSR count). The van der Waals surface area contributed by atoms with Gasteiger partial charge in [0.15, 0.2) is 0 Å². The third kappa shape index (κ3) is 2.72. The van der Waals surface area contributed by atoms with Gasteiger partial charge in [0.2, 0.25) is 0 Å². The highest BCUT2D eigenvalue weighted by atomic mass is 35.5. The van der Waals surface area contributed by atoms with Crippen LogP contribution in [0.4, 0.5) is 0 Å². The van der Waals surface area contributed by atoms with E-state index in [0.717, 1.165) is 19.4 Å². The first-order chi connectivity index (χ1) is 4.84. The van der Waals surface area contributed by atoms with Crippen LogP contribution in [0.15, 0.2) is 12.2 Å². The fraction of sp³-hybridized carbons (Fsp3) is 0.750. The van der Waals surface area contributed by atoms with Crippen molar-refractivity contribution in [3.63, 3.8) is 0 Å². The molecule has 1 nitrogen and oxygen atoms in total. The minimum Gasteiger partial charge on any atom is -0.372 e. The van der Waals surface area contributed by atoms with Crippen LogP contribution in [0.5, 0.6) is 0 Å². The van der Waals surface area contributed by atoms with Gasteiger partial charge in [-0.2, -0.15) is 0 Å². The van der Waals surface area contributed by atoms with Crippen molar-refractivity contribution in [1.82, 2.24) is 0 Å². The van der Waals surface area contributed by atoms with Crippen LogP contribution in [0.3, 0.4) is 0 Å². The molecule has 0 aromatic heterocycles. The van der Waals surface area contributed by atoms with Crippen LogP contribution in [0, 0.1) is 0 Å². The lowest BCUT2D eigenvalue weighted by atomic mass is 10.2. The summed E-state index contributed by atoms with van der Waals surface area (Å²) in [4.78, 5) is 0. The van der Waals surface area contributed by atoms with Gasteiger partial charge in [0.25, 0.3) is 0 Å². The summed E-state index contributed by atoms with van der Waals surface area (Å²) in [6, 6.07) is 0.